The van der Waals surface area contributed by atoms with Gasteiger partial charge in [-0.3, -0.25) is 19.5 Å². The maximum atomic E-state index is 14.2. The van der Waals surface area contributed by atoms with Crippen molar-refractivity contribution in [1.29, 1.82) is 0 Å². The fourth-order valence-electron chi connectivity index (χ4n) is 5.23. The molecule has 1 aliphatic heterocycles. The number of hydrogen-bond acceptors (Lipinski definition) is 11. The van der Waals surface area contributed by atoms with E-state index in [0.717, 1.165) is 16.9 Å². The molecule has 0 bridgehead atoms. The third kappa shape index (κ3) is 6.75. The lowest BCUT2D eigenvalue weighted by atomic mass is 9.95. The Kier molecular flexibility index (Phi) is 10.0. The molecule has 1 aliphatic rings. The van der Waals surface area contributed by atoms with Gasteiger partial charge in [0.2, 0.25) is 0 Å². The highest BCUT2D eigenvalue weighted by molar-refractivity contribution is 7.07. The molecule has 0 radical (unpaired) electrons. The molecule has 0 N–H and O–H groups in total. The second-order valence-corrected chi connectivity index (χ2v) is 11.2. The van der Waals surface area contributed by atoms with Crippen LogP contribution in [-0.4, -0.2) is 42.9 Å². The number of thiazole rings is 1. The lowest BCUT2D eigenvalue weighted by Gasteiger charge is -2.25. The van der Waals surface area contributed by atoms with Gasteiger partial charge in [0.05, 0.1) is 65.8 Å². The largest absolute Gasteiger partial charge is 0.493 e. The van der Waals surface area contributed by atoms with E-state index in [4.69, 9.17) is 23.7 Å². The van der Waals surface area contributed by atoms with Gasteiger partial charge in [-0.05, 0) is 56.2 Å². The minimum atomic E-state index is -0.921. The maximum absolute atomic E-state index is 14.2. The molecule has 47 heavy (non-hydrogen) atoms. The summed E-state index contributed by atoms with van der Waals surface area (Å²) in [5.74, 6) is 0.739. The average molecular weight is 660 g/mol. The van der Waals surface area contributed by atoms with Crippen LogP contribution in [0, 0.1) is 10.1 Å². The number of nitro groups is 1. The number of esters is 1. The van der Waals surface area contributed by atoms with Crippen molar-refractivity contribution in [2.24, 2.45) is 4.99 Å². The summed E-state index contributed by atoms with van der Waals surface area (Å²) < 4.78 is 29.6. The van der Waals surface area contributed by atoms with Gasteiger partial charge < -0.3 is 23.7 Å². The van der Waals surface area contributed by atoms with Crippen LogP contribution >= 0.6 is 11.3 Å². The third-order valence-electron chi connectivity index (χ3n) is 7.35. The van der Waals surface area contributed by atoms with E-state index in [9.17, 15) is 19.7 Å². The van der Waals surface area contributed by atoms with Gasteiger partial charge in [-0.25, -0.2) is 9.79 Å². The molecule has 2 heterocycles. The van der Waals surface area contributed by atoms with Gasteiger partial charge >= 0.3 is 5.97 Å². The molecule has 5 rings (SSSR count). The van der Waals surface area contributed by atoms with Crippen molar-refractivity contribution in [3.8, 4) is 23.0 Å². The molecule has 0 saturated carbocycles. The smallest absolute Gasteiger partial charge is 0.338 e. The number of benzene rings is 3. The first kappa shape index (κ1) is 32.9. The standard InChI is InChI=1S/C34H33N3O9S/c1-6-44-27-15-22(13-14-25(27)42-4)31-30(33(39)45-7-2)20(3)35-34-36(31)32(38)29(47-34)17-23-16-26(43-5)28(18-24(23)37(40)41)46-19-21-11-9-8-10-12-21/h8-18,31H,6-7,19H2,1-5H3/b29-17-/t31-/m1/s1. The Bertz CT molecular complexity index is 2030. The molecule has 0 spiro atoms. The first-order chi connectivity index (χ1) is 22.7. The maximum Gasteiger partial charge on any atom is 0.338 e. The molecular weight excluding hydrogens is 626 g/mol. The fourth-order valence-corrected chi connectivity index (χ4v) is 6.26. The number of ether oxygens (including phenoxy) is 5. The van der Waals surface area contributed by atoms with Crippen molar-refractivity contribution in [1.82, 2.24) is 4.57 Å². The lowest BCUT2D eigenvalue weighted by Crippen LogP contribution is -2.40. The van der Waals surface area contributed by atoms with Crippen LogP contribution in [0.2, 0.25) is 0 Å². The van der Waals surface area contributed by atoms with Crippen LogP contribution in [-0.2, 0) is 16.1 Å². The van der Waals surface area contributed by atoms with Crippen LogP contribution < -0.4 is 33.8 Å². The van der Waals surface area contributed by atoms with Crippen molar-refractivity contribution < 1.29 is 33.4 Å². The summed E-state index contributed by atoms with van der Waals surface area (Å²) in [4.78, 5) is 44.0. The Morgan fingerprint density at radius 3 is 2.36 bits per heavy atom. The van der Waals surface area contributed by atoms with Gasteiger partial charge in [0.1, 0.15) is 6.61 Å². The summed E-state index contributed by atoms with van der Waals surface area (Å²) in [6.45, 7) is 5.85. The van der Waals surface area contributed by atoms with Gasteiger partial charge in [-0.1, -0.05) is 47.7 Å². The molecule has 0 fully saturated rings. The molecule has 1 atom stereocenters. The van der Waals surface area contributed by atoms with Crippen molar-refractivity contribution in [3.63, 3.8) is 0 Å². The van der Waals surface area contributed by atoms with Crippen molar-refractivity contribution >= 4 is 29.1 Å². The first-order valence-electron chi connectivity index (χ1n) is 14.7. The summed E-state index contributed by atoms with van der Waals surface area (Å²) in [6.07, 6.45) is 1.42. The van der Waals surface area contributed by atoms with Crippen LogP contribution in [0.15, 0.2) is 81.7 Å². The minimum Gasteiger partial charge on any atom is -0.493 e. The molecule has 0 aliphatic carbocycles. The quantitative estimate of drug-likeness (QED) is 0.120. The van der Waals surface area contributed by atoms with E-state index in [-0.39, 0.29) is 46.1 Å². The van der Waals surface area contributed by atoms with Crippen LogP contribution in [0.1, 0.15) is 43.5 Å². The van der Waals surface area contributed by atoms with E-state index in [2.05, 4.69) is 4.99 Å². The zero-order chi connectivity index (χ0) is 33.7. The van der Waals surface area contributed by atoms with Crippen LogP contribution in [0.25, 0.3) is 6.08 Å². The van der Waals surface area contributed by atoms with Crippen molar-refractivity contribution in [3.05, 3.63) is 118 Å². The molecule has 0 unspecified atom stereocenters. The van der Waals surface area contributed by atoms with E-state index in [1.807, 2.05) is 37.3 Å². The highest BCUT2D eigenvalue weighted by Crippen LogP contribution is 2.37. The Labute approximate surface area is 273 Å². The summed E-state index contributed by atoms with van der Waals surface area (Å²) in [7, 11) is 2.95. The van der Waals surface area contributed by atoms with Crippen molar-refractivity contribution in [2.45, 2.75) is 33.4 Å². The number of nitro benzene ring substituents is 1. The zero-order valence-electron chi connectivity index (χ0n) is 26.5. The number of hydrogen-bond donors (Lipinski definition) is 0. The molecule has 0 amide bonds. The normalized spacial score (nSPS) is 14.2. The van der Waals surface area contributed by atoms with Crippen LogP contribution in [0.4, 0.5) is 5.69 Å². The lowest BCUT2D eigenvalue weighted by molar-refractivity contribution is -0.385. The van der Waals surface area contributed by atoms with E-state index in [0.29, 0.717) is 34.2 Å². The van der Waals surface area contributed by atoms with Crippen molar-refractivity contribution in [2.75, 3.05) is 27.4 Å². The molecular formula is C34H33N3O9S. The number of fused-ring (bicyclic) bond motifs is 1. The average Bonchev–Trinajstić information content (AvgIpc) is 3.37. The Morgan fingerprint density at radius 1 is 0.979 bits per heavy atom. The number of methoxy groups -OCH3 is 2. The number of carbonyl (C=O) groups is 1. The third-order valence-corrected chi connectivity index (χ3v) is 8.34. The second kappa shape index (κ2) is 14.3. The predicted molar refractivity (Wildman–Crippen MR) is 175 cm³/mol. The van der Waals surface area contributed by atoms with Gasteiger partial charge in [0, 0.05) is 0 Å². The number of rotatable bonds is 12. The van der Waals surface area contributed by atoms with E-state index in [1.54, 1.807) is 32.0 Å². The van der Waals surface area contributed by atoms with Gasteiger partial charge in [0.15, 0.2) is 27.8 Å². The number of carbonyl (C=O) groups excluding carboxylic acids is 1. The molecule has 3 aromatic carbocycles. The van der Waals surface area contributed by atoms with Gasteiger partial charge in [-0.2, -0.15) is 0 Å². The van der Waals surface area contributed by atoms with Gasteiger partial charge in [-0.15, -0.1) is 0 Å². The first-order valence-corrected chi connectivity index (χ1v) is 15.6. The topological polar surface area (TPSA) is 141 Å². The fraction of sp³-hybridized carbons (Fsp3) is 0.265. The number of nitrogens with zero attached hydrogens (tertiary/aromatic N) is 3. The predicted octanol–water partition coefficient (Wildman–Crippen LogP) is 4.70. The minimum absolute atomic E-state index is 0.121. The molecule has 12 nitrogen and oxygen atoms in total. The SMILES string of the molecule is CCOC(=O)C1=C(C)N=c2s/c(=C\c3cc(OC)c(OCc4ccccc4)cc3[N+](=O)[O-])c(=O)n2[C@@H]1c1ccc(OC)c(OCC)c1. The Morgan fingerprint density at radius 2 is 1.70 bits per heavy atom. The Balaban J connectivity index is 1.66. The summed E-state index contributed by atoms with van der Waals surface area (Å²) in [6, 6.07) is 16.3. The summed E-state index contributed by atoms with van der Waals surface area (Å²) >= 11 is 1.05. The summed E-state index contributed by atoms with van der Waals surface area (Å²) in [5.41, 5.74) is 1.35. The Hall–Kier alpha value is -5.43. The molecule has 4 aromatic rings. The second-order valence-electron chi connectivity index (χ2n) is 10.2. The van der Waals surface area contributed by atoms with Crippen LogP contribution in [0.3, 0.4) is 0 Å². The number of allylic oxidation sites excluding steroid dienone is 1. The molecule has 244 valence electrons. The highest BCUT2D eigenvalue weighted by Gasteiger charge is 2.34. The monoisotopic (exact) mass is 659 g/mol. The van der Waals surface area contributed by atoms with E-state index in [1.165, 1.54) is 37.0 Å². The van der Waals surface area contributed by atoms with Gasteiger partial charge in [0.25, 0.3) is 11.2 Å². The molecule has 0 saturated heterocycles. The molecule has 1 aromatic heterocycles. The zero-order valence-corrected chi connectivity index (χ0v) is 27.3. The summed E-state index contributed by atoms with van der Waals surface area (Å²) in [5, 5.41) is 12.2. The number of aromatic nitrogens is 1. The molecule has 13 heteroatoms. The van der Waals surface area contributed by atoms with E-state index < -0.39 is 22.5 Å². The highest BCUT2D eigenvalue weighted by atomic mass is 32.1. The van der Waals surface area contributed by atoms with E-state index >= 15 is 0 Å². The van der Waals surface area contributed by atoms with Crippen LogP contribution in [0.5, 0.6) is 23.0 Å².